The maximum absolute atomic E-state index is 13.2. The van der Waals surface area contributed by atoms with Crippen molar-refractivity contribution in [2.75, 3.05) is 13.1 Å². The number of hydrogen-bond donors (Lipinski definition) is 2. The Bertz CT molecular complexity index is 637. The molecule has 2 rings (SSSR count). The maximum Gasteiger partial charge on any atom is 0.267 e. The summed E-state index contributed by atoms with van der Waals surface area (Å²) in [6, 6.07) is 2.61. The zero-order valence-corrected chi connectivity index (χ0v) is 14.7. The van der Waals surface area contributed by atoms with Gasteiger partial charge in [0.2, 0.25) is 5.91 Å². The average Bonchev–Trinajstić information content (AvgIpc) is 2.92. The molecule has 8 heteroatoms. The molecule has 1 aliphatic heterocycles. The number of hydrogen-bond acceptors (Lipinski definition) is 4. The zero-order chi connectivity index (χ0) is 18.6. The van der Waals surface area contributed by atoms with E-state index in [-0.39, 0.29) is 19.0 Å². The van der Waals surface area contributed by atoms with E-state index < -0.39 is 30.3 Å². The van der Waals surface area contributed by atoms with Crippen LogP contribution in [0.1, 0.15) is 43.2 Å². The molecular weight excluding hydrogens is 330 g/mol. The highest BCUT2D eigenvalue weighted by Gasteiger charge is 2.41. The molecule has 6 nitrogen and oxygen atoms in total. The highest BCUT2D eigenvalue weighted by Crippen LogP contribution is 2.27. The fourth-order valence-corrected chi connectivity index (χ4v) is 2.56. The molecule has 0 saturated carbocycles. The first-order chi connectivity index (χ1) is 11.7. The number of amides is 2. The molecule has 0 aliphatic carbocycles. The number of halogens is 2. The number of alkyl halides is 2. The van der Waals surface area contributed by atoms with Crippen LogP contribution in [0.15, 0.2) is 18.3 Å². The van der Waals surface area contributed by atoms with Crippen molar-refractivity contribution in [3.63, 3.8) is 0 Å². The minimum absolute atomic E-state index is 0.00627. The lowest BCUT2D eigenvalue weighted by Gasteiger charge is -2.21. The van der Waals surface area contributed by atoms with Crippen molar-refractivity contribution in [2.24, 2.45) is 0 Å². The number of rotatable bonds is 6. The summed E-state index contributed by atoms with van der Waals surface area (Å²) in [5.74, 6) is -3.77. The number of likely N-dealkylation sites (tertiary alicyclic amines) is 1. The lowest BCUT2D eigenvalue weighted by atomic mass is 10.2. The predicted octanol–water partition coefficient (Wildman–Crippen LogP) is 1.57. The van der Waals surface area contributed by atoms with Crippen LogP contribution in [0.5, 0.6) is 0 Å². The zero-order valence-electron chi connectivity index (χ0n) is 14.7. The van der Waals surface area contributed by atoms with Crippen molar-refractivity contribution in [3.05, 3.63) is 29.6 Å². The van der Waals surface area contributed by atoms with Gasteiger partial charge in [0, 0.05) is 37.3 Å². The Morgan fingerprint density at radius 2 is 2.08 bits per heavy atom. The molecule has 0 spiro atoms. The van der Waals surface area contributed by atoms with E-state index in [0.29, 0.717) is 17.8 Å². The van der Waals surface area contributed by atoms with Gasteiger partial charge in [-0.25, -0.2) is 8.78 Å². The maximum atomic E-state index is 13.2. The van der Waals surface area contributed by atoms with Crippen LogP contribution in [0, 0.1) is 0 Å². The van der Waals surface area contributed by atoms with Gasteiger partial charge in [-0.1, -0.05) is 13.8 Å². The van der Waals surface area contributed by atoms with Crippen LogP contribution >= 0.6 is 0 Å². The number of aromatic nitrogens is 1. The van der Waals surface area contributed by atoms with Gasteiger partial charge in [0.15, 0.2) is 0 Å². The first-order valence-corrected chi connectivity index (χ1v) is 8.34. The Hall–Kier alpha value is -2.09. The summed E-state index contributed by atoms with van der Waals surface area (Å²) in [7, 11) is 0. The highest BCUT2D eigenvalue weighted by atomic mass is 19.3. The van der Waals surface area contributed by atoms with E-state index in [4.69, 9.17) is 0 Å². The van der Waals surface area contributed by atoms with Gasteiger partial charge in [0.25, 0.3) is 11.8 Å². The fourth-order valence-electron chi connectivity index (χ4n) is 2.56. The van der Waals surface area contributed by atoms with Crippen LogP contribution in [0.3, 0.4) is 0 Å². The normalized spacial score (nSPS) is 17.6. The lowest BCUT2D eigenvalue weighted by Crippen LogP contribution is -2.46. The molecule has 2 N–H and O–H groups in total. The molecule has 0 aromatic carbocycles. The Morgan fingerprint density at radius 1 is 1.36 bits per heavy atom. The summed E-state index contributed by atoms with van der Waals surface area (Å²) in [6.07, 6.45) is 1.19. The molecule has 0 unspecified atom stereocenters. The third kappa shape index (κ3) is 5.45. The van der Waals surface area contributed by atoms with Crippen LogP contribution in [0.25, 0.3) is 0 Å². The monoisotopic (exact) mass is 354 g/mol. The van der Waals surface area contributed by atoms with E-state index in [1.165, 1.54) is 13.1 Å². The molecule has 138 valence electrons. The van der Waals surface area contributed by atoms with Gasteiger partial charge in [-0.15, -0.1) is 0 Å². The summed E-state index contributed by atoms with van der Waals surface area (Å²) >= 11 is 0. The SMILES string of the molecule is CC(C)NCc1cc(C(=O)N[C@@H](C)C(=O)N2CCC(F)(F)C2)ccn1. The summed E-state index contributed by atoms with van der Waals surface area (Å²) in [6.45, 7) is 5.45. The second-order valence-electron chi connectivity index (χ2n) is 6.63. The van der Waals surface area contributed by atoms with Crippen LogP contribution in [-0.4, -0.2) is 52.8 Å². The van der Waals surface area contributed by atoms with Crippen molar-refractivity contribution in [1.29, 1.82) is 0 Å². The number of carbonyl (C=O) groups is 2. The topological polar surface area (TPSA) is 74.3 Å². The fraction of sp³-hybridized carbons (Fsp3) is 0.588. The Labute approximate surface area is 146 Å². The number of pyridine rings is 1. The molecule has 0 bridgehead atoms. The lowest BCUT2D eigenvalue weighted by molar-refractivity contribution is -0.133. The van der Waals surface area contributed by atoms with E-state index in [0.717, 1.165) is 4.90 Å². The first-order valence-electron chi connectivity index (χ1n) is 8.34. The summed E-state index contributed by atoms with van der Waals surface area (Å²) in [4.78, 5) is 29.8. The summed E-state index contributed by atoms with van der Waals surface area (Å²) in [5, 5.41) is 5.77. The summed E-state index contributed by atoms with van der Waals surface area (Å²) < 4.78 is 26.5. The molecule has 1 aromatic rings. The quantitative estimate of drug-likeness (QED) is 0.813. The highest BCUT2D eigenvalue weighted by molar-refractivity contribution is 5.97. The van der Waals surface area contributed by atoms with Crippen molar-refractivity contribution in [1.82, 2.24) is 20.5 Å². The Kier molecular flexibility index (Phi) is 6.05. The molecule has 1 atom stereocenters. The second kappa shape index (κ2) is 7.86. The van der Waals surface area contributed by atoms with Gasteiger partial charge in [-0.05, 0) is 19.1 Å². The number of nitrogens with zero attached hydrogens (tertiary/aromatic N) is 2. The molecular formula is C17H24F2N4O2. The van der Waals surface area contributed by atoms with Crippen LogP contribution in [-0.2, 0) is 11.3 Å². The van der Waals surface area contributed by atoms with Gasteiger partial charge >= 0.3 is 0 Å². The van der Waals surface area contributed by atoms with E-state index in [9.17, 15) is 18.4 Å². The summed E-state index contributed by atoms with van der Waals surface area (Å²) in [5.41, 5.74) is 1.08. The van der Waals surface area contributed by atoms with Gasteiger partial charge in [-0.3, -0.25) is 14.6 Å². The Morgan fingerprint density at radius 3 is 2.68 bits per heavy atom. The van der Waals surface area contributed by atoms with Crippen molar-refractivity contribution in [2.45, 2.75) is 51.7 Å². The second-order valence-corrected chi connectivity index (χ2v) is 6.63. The van der Waals surface area contributed by atoms with E-state index in [2.05, 4.69) is 15.6 Å². The standard InChI is InChI=1S/C17H24F2N4O2/c1-11(2)21-9-14-8-13(4-6-20-14)15(24)22-12(3)16(25)23-7-5-17(18,19)10-23/h4,6,8,11-12,21H,5,7,9-10H2,1-3H3,(H,22,24)/t12-/m0/s1. The molecule has 1 aromatic heterocycles. The van der Waals surface area contributed by atoms with Crippen molar-refractivity contribution < 1.29 is 18.4 Å². The molecule has 0 radical (unpaired) electrons. The van der Waals surface area contributed by atoms with E-state index in [1.807, 2.05) is 13.8 Å². The van der Waals surface area contributed by atoms with Gasteiger partial charge in [0.1, 0.15) is 6.04 Å². The minimum atomic E-state index is -2.84. The average molecular weight is 354 g/mol. The minimum Gasteiger partial charge on any atom is -0.341 e. The molecule has 2 heterocycles. The Balaban J connectivity index is 1.94. The molecule has 1 saturated heterocycles. The van der Waals surface area contributed by atoms with Crippen molar-refractivity contribution in [3.8, 4) is 0 Å². The number of nitrogens with one attached hydrogen (secondary N) is 2. The van der Waals surface area contributed by atoms with Gasteiger partial charge in [0.05, 0.1) is 12.2 Å². The molecule has 1 aliphatic rings. The largest absolute Gasteiger partial charge is 0.341 e. The third-order valence-electron chi connectivity index (χ3n) is 3.97. The van der Waals surface area contributed by atoms with Crippen LogP contribution in [0.4, 0.5) is 8.78 Å². The molecule has 2 amide bonds. The van der Waals surface area contributed by atoms with Gasteiger partial charge in [-0.2, -0.15) is 0 Å². The first kappa shape index (κ1) is 19.2. The number of carbonyl (C=O) groups excluding carboxylic acids is 2. The molecule has 25 heavy (non-hydrogen) atoms. The van der Waals surface area contributed by atoms with Crippen molar-refractivity contribution >= 4 is 11.8 Å². The third-order valence-corrected chi connectivity index (χ3v) is 3.97. The van der Waals surface area contributed by atoms with Crippen LogP contribution < -0.4 is 10.6 Å². The molecule has 1 fully saturated rings. The van der Waals surface area contributed by atoms with E-state index in [1.54, 1.807) is 12.1 Å². The predicted molar refractivity (Wildman–Crippen MR) is 89.3 cm³/mol. The van der Waals surface area contributed by atoms with E-state index >= 15 is 0 Å². The van der Waals surface area contributed by atoms with Gasteiger partial charge < -0.3 is 15.5 Å². The smallest absolute Gasteiger partial charge is 0.267 e. The van der Waals surface area contributed by atoms with Crippen LogP contribution in [0.2, 0.25) is 0 Å².